The van der Waals surface area contributed by atoms with Gasteiger partial charge in [0.05, 0.1) is 12.8 Å². The topological polar surface area (TPSA) is 81.9 Å². The molecule has 8 heteroatoms. The molecular weight excluding hydrogens is 314 g/mol. The van der Waals surface area contributed by atoms with Crippen LogP contribution in [-0.2, 0) is 4.79 Å². The molecule has 0 aliphatic heterocycles. The van der Waals surface area contributed by atoms with Crippen LogP contribution in [0.5, 0.6) is 5.75 Å². The van der Waals surface area contributed by atoms with Crippen molar-refractivity contribution in [2.24, 2.45) is 0 Å². The first-order chi connectivity index (χ1) is 10.9. The van der Waals surface area contributed by atoms with Crippen LogP contribution >= 0.6 is 11.8 Å². The van der Waals surface area contributed by atoms with Crippen molar-refractivity contribution in [3.63, 3.8) is 0 Å². The molecule has 0 saturated heterocycles. The van der Waals surface area contributed by atoms with E-state index in [0.717, 1.165) is 11.4 Å². The standard InChI is InChI=1S/C15H21N5O2S/c1-15(2,3)16-13(21)9-10-23-14-17-18-19-20(14)11-5-7-12(22-4)8-6-11/h5-8H,9-10H2,1-4H3,(H,16,21). The van der Waals surface area contributed by atoms with Gasteiger partial charge in [0.1, 0.15) is 5.75 Å². The predicted octanol–water partition coefficient (Wildman–Crippen LogP) is 2.07. The molecule has 1 N–H and O–H groups in total. The number of nitrogens with one attached hydrogen (secondary N) is 1. The maximum atomic E-state index is 11.8. The minimum Gasteiger partial charge on any atom is -0.497 e. The highest BCUT2D eigenvalue weighted by atomic mass is 32.2. The largest absolute Gasteiger partial charge is 0.497 e. The third-order valence-electron chi connectivity index (χ3n) is 2.83. The smallest absolute Gasteiger partial charge is 0.221 e. The van der Waals surface area contributed by atoms with Crippen molar-refractivity contribution >= 4 is 17.7 Å². The van der Waals surface area contributed by atoms with Crippen molar-refractivity contribution in [1.82, 2.24) is 25.5 Å². The number of hydrogen-bond donors (Lipinski definition) is 1. The van der Waals surface area contributed by atoms with Crippen LogP contribution in [0.2, 0.25) is 0 Å². The number of methoxy groups -OCH3 is 1. The van der Waals surface area contributed by atoms with E-state index < -0.39 is 0 Å². The summed E-state index contributed by atoms with van der Waals surface area (Å²) in [6.07, 6.45) is 0.414. The van der Waals surface area contributed by atoms with Crippen LogP contribution in [0.15, 0.2) is 29.4 Å². The lowest BCUT2D eigenvalue weighted by Gasteiger charge is -2.20. The molecule has 1 amide bonds. The number of tetrazole rings is 1. The Balaban J connectivity index is 1.94. The summed E-state index contributed by atoms with van der Waals surface area (Å²) in [6, 6.07) is 7.46. The van der Waals surface area contributed by atoms with Gasteiger partial charge >= 0.3 is 0 Å². The van der Waals surface area contributed by atoms with E-state index in [2.05, 4.69) is 20.8 Å². The van der Waals surface area contributed by atoms with E-state index in [1.54, 1.807) is 11.8 Å². The Labute approximate surface area is 139 Å². The number of nitrogens with zero attached hydrogens (tertiary/aromatic N) is 4. The van der Waals surface area contributed by atoms with Gasteiger partial charge in [-0.15, -0.1) is 5.10 Å². The number of rotatable bonds is 6. The molecule has 0 radical (unpaired) electrons. The molecule has 23 heavy (non-hydrogen) atoms. The Morgan fingerprint density at radius 2 is 2.00 bits per heavy atom. The molecule has 2 aromatic rings. The van der Waals surface area contributed by atoms with Gasteiger partial charge < -0.3 is 10.1 Å². The van der Waals surface area contributed by atoms with Crippen LogP contribution in [0.25, 0.3) is 5.69 Å². The number of aromatic nitrogens is 4. The van der Waals surface area contributed by atoms with E-state index in [-0.39, 0.29) is 11.4 Å². The number of ether oxygens (including phenoxy) is 1. The third-order valence-corrected chi connectivity index (χ3v) is 3.75. The van der Waals surface area contributed by atoms with Crippen LogP contribution in [0.4, 0.5) is 0 Å². The van der Waals surface area contributed by atoms with Gasteiger partial charge in [-0.1, -0.05) is 11.8 Å². The van der Waals surface area contributed by atoms with Crippen LogP contribution in [0.1, 0.15) is 27.2 Å². The van der Waals surface area contributed by atoms with Crippen LogP contribution in [-0.4, -0.2) is 44.5 Å². The highest BCUT2D eigenvalue weighted by Crippen LogP contribution is 2.20. The van der Waals surface area contributed by atoms with Crippen molar-refractivity contribution in [2.45, 2.75) is 37.9 Å². The van der Waals surface area contributed by atoms with E-state index in [4.69, 9.17) is 4.74 Å². The molecule has 0 aliphatic rings. The number of carbonyl (C=O) groups excluding carboxylic acids is 1. The number of carbonyl (C=O) groups is 1. The second-order valence-electron chi connectivity index (χ2n) is 5.97. The van der Waals surface area contributed by atoms with E-state index >= 15 is 0 Å². The van der Waals surface area contributed by atoms with Crippen LogP contribution < -0.4 is 10.1 Å². The summed E-state index contributed by atoms with van der Waals surface area (Å²) < 4.78 is 6.78. The number of benzene rings is 1. The van der Waals surface area contributed by atoms with Gasteiger partial charge in [-0.25, -0.2) is 0 Å². The SMILES string of the molecule is COc1ccc(-n2nnnc2SCCC(=O)NC(C)(C)C)cc1. The molecular formula is C15H21N5O2S. The Bertz CT molecular complexity index is 649. The zero-order valence-electron chi connectivity index (χ0n) is 13.7. The average molecular weight is 335 g/mol. The first kappa shape index (κ1) is 17.3. The highest BCUT2D eigenvalue weighted by molar-refractivity contribution is 7.99. The monoisotopic (exact) mass is 335 g/mol. The molecule has 7 nitrogen and oxygen atoms in total. The lowest BCUT2D eigenvalue weighted by atomic mass is 10.1. The van der Waals surface area contributed by atoms with Gasteiger partial charge in [0, 0.05) is 17.7 Å². The maximum absolute atomic E-state index is 11.8. The molecule has 0 unspecified atom stereocenters. The Morgan fingerprint density at radius 3 is 2.61 bits per heavy atom. The van der Waals surface area contributed by atoms with E-state index in [1.165, 1.54) is 11.8 Å². The van der Waals surface area contributed by atoms with Crippen LogP contribution in [0.3, 0.4) is 0 Å². The Morgan fingerprint density at radius 1 is 1.30 bits per heavy atom. The predicted molar refractivity (Wildman–Crippen MR) is 88.9 cm³/mol. The van der Waals surface area contributed by atoms with Gasteiger partial charge in [0.2, 0.25) is 11.1 Å². The van der Waals surface area contributed by atoms with E-state index in [0.29, 0.717) is 17.3 Å². The second-order valence-corrected chi connectivity index (χ2v) is 7.03. The summed E-state index contributed by atoms with van der Waals surface area (Å²) in [5, 5.41) is 15.3. The maximum Gasteiger partial charge on any atom is 0.221 e. The summed E-state index contributed by atoms with van der Waals surface area (Å²) >= 11 is 1.45. The van der Waals surface area contributed by atoms with Crippen molar-refractivity contribution in [3.05, 3.63) is 24.3 Å². The minimum absolute atomic E-state index is 0.0217. The van der Waals surface area contributed by atoms with Gasteiger partial charge in [-0.05, 0) is 55.5 Å². The molecule has 0 saturated carbocycles. The number of hydrogen-bond acceptors (Lipinski definition) is 6. The van der Waals surface area contributed by atoms with Gasteiger partial charge in [-0.3, -0.25) is 4.79 Å². The Kier molecular flexibility index (Phi) is 5.59. The van der Waals surface area contributed by atoms with E-state index in [9.17, 15) is 4.79 Å². The summed E-state index contributed by atoms with van der Waals surface area (Å²) in [5.41, 5.74) is 0.629. The quantitative estimate of drug-likeness (QED) is 0.814. The summed E-state index contributed by atoms with van der Waals surface area (Å²) in [7, 11) is 1.62. The summed E-state index contributed by atoms with van der Waals surface area (Å²) in [5.74, 6) is 1.40. The fraction of sp³-hybridized carbons (Fsp3) is 0.467. The highest BCUT2D eigenvalue weighted by Gasteiger charge is 2.14. The van der Waals surface area contributed by atoms with Crippen molar-refractivity contribution in [2.75, 3.05) is 12.9 Å². The molecule has 0 spiro atoms. The van der Waals surface area contributed by atoms with Gasteiger partial charge in [-0.2, -0.15) is 4.68 Å². The molecule has 0 aliphatic carbocycles. The van der Waals surface area contributed by atoms with E-state index in [1.807, 2.05) is 45.0 Å². The first-order valence-electron chi connectivity index (χ1n) is 7.26. The number of amides is 1. The average Bonchev–Trinajstić information content (AvgIpc) is 2.94. The normalized spacial score (nSPS) is 11.3. The van der Waals surface area contributed by atoms with Gasteiger partial charge in [0.25, 0.3) is 0 Å². The van der Waals surface area contributed by atoms with Crippen LogP contribution in [0, 0.1) is 0 Å². The zero-order chi connectivity index (χ0) is 16.9. The molecule has 1 aromatic heterocycles. The molecule has 0 atom stereocenters. The molecule has 2 rings (SSSR count). The lowest BCUT2D eigenvalue weighted by Crippen LogP contribution is -2.40. The summed E-state index contributed by atoms with van der Waals surface area (Å²) in [6.45, 7) is 5.88. The summed E-state index contributed by atoms with van der Waals surface area (Å²) in [4.78, 5) is 11.8. The molecule has 124 valence electrons. The second kappa shape index (κ2) is 7.45. The van der Waals surface area contributed by atoms with Gasteiger partial charge in [0.15, 0.2) is 0 Å². The van der Waals surface area contributed by atoms with Crippen molar-refractivity contribution in [1.29, 1.82) is 0 Å². The first-order valence-corrected chi connectivity index (χ1v) is 8.24. The fourth-order valence-corrected chi connectivity index (χ4v) is 2.70. The molecule has 0 fully saturated rings. The molecule has 1 heterocycles. The molecule has 1 aromatic carbocycles. The zero-order valence-corrected chi connectivity index (χ0v) is 14.6. The lowest BCUT2D eigenvalue weighted by molar-refractivity contribution is -0.122. The fourth-order valence-electron chi connectivity index (χ4n) is 1.87. The Hall–Kier alpha value is -2.09. The van der Waals surface area contributed by atoms with Crippen molar-refractivity contribution in [3.8, 4) is 11.4 Å². The molecule has 0 bridgehead atoms. The number of thioether (sulfide) groups is 1. The third kappa shape index (κ3) is 5.24. The van der Waals surface area contributed by atoms with Crippen molar-refractivity contribution < 1.29 is 9.53 Å². The minimum atomic E-state index is -0.216.